The van der Waals surface area contributed by atoms with E-state index in [1.807, 2.05) is 6.08 Å². The number of hydrogen-bond donors (Lipinski definition) is 1. The van der Waals surface area contributed by atoms with Crippen molar-refractivity contribution in [1.29, 1.82) is 0 Å². The van der Waals surface area contributed by atoms with Crippen molar-refractivity contribution < 1.29 is 4.84 Å². The van der Waals surface area contributed by atoms with Crippen molar-refractivity contribution in [2.24, 2.45) is 0 Å². The van der Waals surface area contributed by atoms with E-state index in [4.69, 9.17) is 4.84 Å². The van der Waals surface area contributed by atoms with E-state index in [1.54, 1.807) is 18.5 Å². The van der Waals surface area contributed by atoms with E-state index in [2.05, 4.69) is 12.8 Å². The van der Waals surface area contributed by atoms with E-state index in [0.29, 0.717) is 0 Å². The number of hydroxylamine groups is 1. The van der Waals surface area contributed by atoms with Gasteiger partial charge in [-0.3, -0.25) is 0 Å². The molecule has 0 radical (unpaired) electrons. The molecule has 1 rings (SSSR count). The van der Waals surface area contributed by atoms with Crippen LogP contribution in [-0.2, 0) is 4.84 Å². The highest BCUT2D eigenvalue weighted by atomic mass is 32.1. The molecule has 3 heteroatoms. The lowest BCUT2D eigenvalue weighted by atomic mass is 10.6. The fraction of sp³-hybridized carbons (Fsp3) is 0. The SMILES string of the molecule is SN1C=CC=CO1. The lowest BCUT2D eigenvalue weighted by molar-refractivity contribution is 0.0434. The van der Waals surface area contributed by atoms with Crippen LogP contribution in [0.25, 0.3) is 0 Å². The average Bonchev–Trinajstić information content (AvgIpc) is 1.69. The number of hydrogen-bond acceptors (Lipinski definition) is 3. The first kappa shape index (κ1) is 4.59. The summed E-state index contributed by atoms with van der Waals surface area (Å²) < 4.78 is 1.32. The van der Waals surface area contributed by atoms with Crippen LogP contribution in [0.5, 0.6) is 0 Å². The molecule has 0 atom stereocenters. The van der Waals surface area contributed by atoms with E-state index in [1.165, 1.54) is 4.47 Å². The highest BCUT2D eigenvalue weighted by molar-refractivity contribution is 7.77. The molecule has 1 heterocycles. The fourth-order valence-corrected chi connectivity index (χ4v) is 0.433. The quantitative estimate of drug-likeness (QED) is 0.475. The molecule has 0 amide bonds. The van der Waals surface area contributed by atoms with Crippen LogP contribution in [0.1, 0.15) is 0 Å². The standard InChI is InChI=1S/C4H5NOS/c7-5-3-1-2-4-6-5/h1-4,7H. The third-order valence-corrected chi connectivity index (χ3v) is 0.800. The Hall–Kier alpha value is -0.570. The van der Waals surface area contributed by atoms with Crippen molar-refractivity contribution in [2.75, 3.05) is 0 Å². The van der Waals surface area contributed by atoms with Gasteiger partial charge in [0.05, 0.1) is 6.20 Å². The molecular formula is C4H5NOS. The topological polar surface area (TPSA) is 12.5 Å². The second kappa shape index (κ2) is 1.93. The minimum absolute atomic E-state index is 1.32. The van der Waals surface area contributed by atoms with E-state index >= 15 is 0 Å². The van der Waals surface area contributed by atoms with Crippen LogP contribution in [0, 0.1) is 0 Å². The maximum absolute atomic E-state index is 4.71. The molecule has 0 aliphatic carbocycles. The second-order valence-electron chi connectivity index (χ2n) is 1.08. The van der Waals surface area contributed by atoms with E-state index in [-0.39, 0.29) is 0 Å². The van der Waals surface area contributed by atoms with Crippen LogP contribution in [0.4, 0.5) is 0 Å². The summed E-state index contributed by atoms with van der Waals surface area (Å²) in [6.07, 6.45) is 6.86. The summed E-state index contributed by atoms with van der Waals surface area (Å²) in [5.41, 5.74) is 0. The first-order chi connectivity index (χ1) is 3.39. The molecule has 0 saturated carbocycles. The molecular weight excluding hydrogens is 110 g/mol. The predicted molar refractivity (Wildman–Crippen MR) is 30.2 cm³/mol. The van der Waals surface area contributed by atoms with Crippen molar-refractivity contribution in [3.8, 4) is 0 Å². The van der Waals surface area contributed by atoms with Crippen LogP contribution in [0.3, 0.4) is 0 Å². The van der Waals surface area contributed by atoms with Gasteiger partial charge in [0.15, 0.2) is 0 Å². The van der Waals surface area contributed by atoms with Gasteiger partial charge in [0.25, 0.3) is 0 Å². The molecule has 0 N–H and O–H groups in total. The Kier molecular flexibility index (Phi) is 1.26. The van der Waals surface area contributed by atoms with Crippen LogP contribution < -0.4 is 0 Å². The molecule has 0 aromatic rings. The van der Waals surface area contributed by atoms with Gasteiger partial charge in [-0.1, -0.05) is 0 Å². The Morgan fingerprint density at radius 1 is 1.43 bits per heavy atom. The number of allylic oxidation sites excluding steroid dienone is 2. The summed E-state index contributed by atoms with van der Waals surface area (Å²) in [6, 6.07) is 0. The van der Waals surface area contributed by atoms with Crippen molar-refractivity contribution in [3.05, 3.63) is 24.6 Å². The summed E-state index contributed by atoms with van der Waals surface area (Å²) in [4.78, 5) is 4.71. The molecule has 1 aliphatic heterocycles. The minimum Gasteiger partial charge on any atom is -0.377 e. The monoisotopic (exact) mass is 115 g/mol. The number of nitrogens with zero attached hydrogens (tertiary/aromatic N) is 1. The molecule has 7 heavy (non-hydrogen) atoms. The third kappa shape index (κ3) is 1.16. The van der Waals surface area contributed by atoms with Crippen molar-refractivity contribution in [1.82, 2.24) is 4.47 Å². The van der Waals surface area contributed by atoms with Crippen molar-refractivity contribution in [2.45, 2.75) is 0 Å². The maximum atomic E-state index is 4.71. The summed E-state index contributed by atoms with van der Waals surface area (Å²) in [5, 5.41) is 0. The van der Waals surface area contributed by atoms with Gasteiger partial charge in [0.1, 0.15) is 6.26 Å². The van der Waals surface area contributed by atoms with Crippen LogP contribution in [0.2, 0.25) is 0 Å². The zero-order chi connectivity index (χ0) is 5.11. The van der Waals surface area contributed by atoms with Crippen molar-refractivity contribution in [3.63, 3.8) is 0 Å². The Morgan fingerprint density at radius 2 is 2.29 bits per heavy atom. The first-order valence-electron chi connectivity index (χ1n) is 1.88. The minimum atomic E-state index is 1.32. The van der Waals surface area contributed by atoms with Crippen LogP contribution >= 0.6 is 12.8 Å². The van der Waals surface area contributed by atoms with Crippen LogP contribution in [-0.4, -0.2) is 4.47 Å². The molecule has 0 spiro atoms. The highest BCUT2D eigenvalue weighted by Crippen LogP contribution is 2.00. The predicted octanol–water partition coefficient (Wildman–Crippen LogP) is 1.11. The van der Waals surface area contributed by atoms with E-state index in [9.17, 15) is 0 Å². The van der Waals surface area contributed by atoms with Gasteiger partial charge < -0.3 is 4.84 Å². The molecule has 1 aliphatic rings. The lowest BCUT2D eigenvalue weighted by Crippen LogP contribution is -2.01. The Morgan fingerprint density at radius 3 is 2.57 bits per heavy atom. The number of thiol groups is 1. The zero-order valence-corrected chi connectivity index (χ0v) is 4.51. The van der Waals surface area contributed by atoms with Gasteiger partial charge in [-0.15, -0.1) is 0 Å². The van der Waals surface area contributed by atoms with E-state index < -0.39 is 0 Å². The lowest BCUT2D eigenvalue weighted by Gasteiger charge is -2.10. The molecule has 0 unspecified atom stereocenters. The Balaban J connectivity index is 2.49. The third-order valence-electron chi connectivity index (χ3n) is 0.572. The highest BCUT2D eigenvalue weighted by Gasteiger charge is 1.87. The summed E-state index contributed by atoms with van der Waals surface area (Å²) >= 11 is 3.83. The fourth-order valence-electron chi connectivity index (χ4n) is 0.301. The van der Waals surface area contributed by atoms with Gasteiger partial charge >= 0.3 is 0 Å². The molecule has 2 nitrogen and oxygen atoms in total. The first-order valence-corrected chi connectivity index (χ1v) is 2.28. The molecule has 0 aromatic carbocycles. The largest absolute Gasteiger partial charge is 0.377 e. The van der Waals surface area contributed by atoms with E-state index in [0.717, 1.165) is 0 Å². The summed E-state index contributed by atoms with van der Waals surface area (Å²) in [5.74, 6) is 0. The van der Waals surface area contributed by atoms with Gasteiger partial charge in [0, 0.05) is 0 Å². The molecule has 38 valence electrons. The number of rotatable bonds is 0. The molecule has 0 aromatic heterocycles. The zero-order valence-electron chi connectivity index (χ0n) is 3.61. The van der Waals surface area contributed by atoms with Crippen molar-refractivity contribution >= 4 is 12.8 Å². The maximum Gasteiger partial charge on any atom is 0.120 e. The van der Waals surface area contributed by atoms with Gasteiger partial charge in [-0.05, 0) is 25.0 Å². The van der Waals surface area contributed by atoms with Gasteiger partial charge in [0.2, 0.25) is 0 Å². The normalized spacial score (nSPS) is 17.0. The summed E-state index contributed by atoms with van der Waals surface area (Å²) in [7, 11) is 0. The van der Waals surface area contributed by atoms with Crippen LogP contribution in [0.15, 0.2) is 24.6 Å². The van der Waals surface area contributed by atoms with Gasteiger partial charge in [-0.2, -0.15) is 4.47 Å². The smallest absolute Gasteiger partial charge is 0.120 e. The molecule has 0 bridgehead atoms. The summed E-state index contributed by atoms with van der Waals surface area (Å²) in [6.45, 7) is 0. The Labute approximate surface area is 47.6 Å². The van der Waals surface area contributed by atoms with Gasteiger partial charge in [-0.25, -0.2) is 0 Å². The molecule has 0 saturated heterocycles. The Bertz CT molecular complexity index is 110. The second-order valence-corrected chi connectivity index (χ2v) is 1.47. The molecule has 0 fully saturated rings. The average molecular weight is 115 g/mol.